The van der Waals surface area contributed by atoms with Gasteiger partial charge in [0.25, 0.3) is 0 Å². The molecule has 1 aromatic rings. The molecule has 0 bridgehead atoms. The molecule has 1 N–H and O–H groups in total. The fraction of sp³-hybridized carbons (Fsp3) is 0.636. The molecule has 4 nitrogen and oxygen atoms in total. The lowest BCUT2D eigenvalue weighted by atomic mass is 9.94. The lowest BCUT2D eigenvalue weighted by Crippen LogP contribution is -2.62. The SMILES string of the molecule is CC(C)C[C@H]1CN(C(=O)[C@H]2C[C@@H]2c2ccccc2)[C@@H](CC(C)C)C(=O)N1. The van der Waals surface area contributed by atoms with Crippen molar-refractivity contribution in [3.05, 3.63) is 35.9 Å². The number of hydrogen-bond donors (Lipinski definition) is 1. The Morgan fingerprint density at radius 2 is 1.77 bits per heavy atom. The minimum Gasteiger partial charge on any atom is -0.350 e. The molecule has 2 amide bonds. The minimum absolute atomic E-state index is 0.0286. The van der Waals surface area contributed by atoms with Crippen molar-refractivity contribution in [2.45, 2.75) is 65.0 Å². The number of rotatable bonds is 6. The van der Waals surface area contributed by atoms with Crippen LogP contribution in [0.1, 0.15) is 58.4 Å². The van der Waals surface area contributed by atoms with Gasteiger partial charge in [-0.15, -0.1) is 0 Å². The summed E-state index contributed by atoms with van der Waals surface area (Å²) in [5.74, 6) is 1.44. The third-order valence-electron chi connectivity index (χ3n) is 5.51. The summed E-state index contributed by atoms with van der Waals surface area (Å²) in [6.07, 6.45) is 2.55. The van der Waals surface area contributed by atoms with E-state index < -0.39 is 0 Å². The van der Waals surface area contributed by atoms with Crippen LogP contribution >= 0.6 is 0 Å². The van der Waals surface area contributed by atoms with Gasteiger partial charge >= 0.3 is 0 Å². The second-order valence-corrected chi connectivity index (χ2v) is 8.83. The van der Waals surface area contributed by atoms with Crippen LogP contribution < -0.4 is 5.32 Å². The van der Waals surface area contributed by atoms with E-state index in [0.717, 1.165) is 19.3 Å². The normalized spacial score (nSPS) is 28.4. The highest BCUT2D eigenvalue weighted by atomic mass is 16.2. The summed E-state index contributed by atoms with van der Waals surface area (Å²) in [6, 6.07) is 10.0. The first-order valence-corrected chi connectivity index (χ1v) is 10.0. The van der Waals surface area contributed by atoms with E-state index in [0.29, 0.717) is 24.3 Å². The van der Waals surface area contributed by atoms with E-state index in [1.54, 1.807) is 0 Å². The highest BCUT2D eigenvalue weighted by molar-refractivity contribution is 5.91. The van der Waals surface area contributed by atoms with Gasteiger partial charge in [-0.2, -0.15) is 0 Å². The Morgan fingerprint density at radius 1 is 1.12 bits per heavy atom. The highest BCUT2D eigenvalue weighted by Gasteiger charge is 2.49. The molecule has 0 radical (unpaired) electrons. The molecule has 0 aromatic heterocycles. The molecule has 26 heavy (non-hydrogen) atoms. The van der Waals surface area contributed by atoms with Gasteiger partial charge in [0.1, 0.15) is 6.04 Å². The zero-order valence-corrected chi connectivity index (χ0v) is 16.4. The molecule has 4 atom stereocenters. The molecule has 1 saturated carbocycles. The van der Waals surface area contributed by atoms with E-state index in [2.05, 4.69) is 45.1 Å². The van der Waals surface area contributed by atoms with Crippen molar-refractivity contribution in [3.63, 3.8) is 0 Å². The van der Waals surface area contributed by atoms with Crippen LogP contribution in [0.3, 0.4) is 0 Å². The largest absolute Gasteiger partial charge is 0.350 e. The Bertz CT molecular complexity index is 641. The van der Waals surface area contributed by atoms with Crippen molar-refractivity contribution in [2.75, 3.05) is 6.54 Å². The van der Waals surface area contributed by atoms with Crippen molar-refractivity contribution in [1.29, 1.82) is 0 Å². The Labute approximate surface area is 157 Å². The maximum absolute atomic E-state index is 13.3. The van der Waals surface area contributed by atoms with Crippen LogP contribution in [-0.2, 0) is 9.59 Å². The Balaban J connectivity index is 1.74. The second-order valence-electron chi connectivity index (χ2n) is 8.83. The van der Waals surface area contributed by atoms with Crippen LogP contribution in [0.5, 0.6) is 0 Å². The molecule has 1 aliphatic heterocycles. The summed E-state index contributed by atoms with van der Waals surface area (Å²) in [5, 5.41) is 3.16. The van der Waals surface area contributed by atoms with Crippen molar-refractivity contribution < 1.29 is 9.59 Å². The second kappa shape index (κ2) is 7.81. The van der Waals surface area contributed by atoms with Crippen LogP contribution in [0.2, 0.25) is 0 Å². The van der Waals surface area contributed by atoms with E-state index in [1.165, 1.54) is 5.56 Å². The van der Waals surface area contributed by atoms with Crippen LogP contribution in [0.25, 0.3) is 0 Å². The monoisotopic (exact) mass is 356 g/mol. The molecule has 1 heterocycles. The topological polar surface area (TPSA) is 49.4 Å². The Hall–Kier alpha value is -1.84. The van der Waals surface area contributed by atoms with Crippen LogP contribution in [0.4, 0.5) is 0 Å². The molecular weight excluding hydrogens is 324 g/mol. The molecule has 1 aromatic carbocycles. The molecular formula is C22H32N2O2. The number of benzene rings is 1. The van der Waals surface area contributed by atoms with E-state index in [9.17, 15) is 9.59 Å². The number of carbonyl (C=O) groups excluding carboxylic acids is 2. The van der Waals surface area contributed by atoms with Gasteiger partial charge in [0.05, 0.1) is 0 Å². The first-order valence-electron chi connectivity index (χ1n) is 10.0. The number of piperazine rings is 1. The number of nitrogens with zero attached hydrogens (tertiary/aromatic N) is 1. The smallest absolute Gasteiger partial charge is 0.243 e. The average Bonchev–Trinajstić information content (AvgIpc) is 3.37. The third kappa shape index (κ3) is 4.28. The molecule has 142 valence electrons. The quantitative estimate of drug-likeness (QED) is 0.847. The van der Waals surface area contributed by atoms with E-state index >= 15 is 0 Å². The van der Waals surface area contributed by atoms with Gasteiger partial charge < -0.3 is 10.2 Å². The van der Waals surface area contributed by atoms with Crippen LogP contribution in [-0.4, -0.2) is 35.3 Å². The van der Waals surface area contributed by atoms with Crippen LogP contribution in [0.15, 0.2) is 30.3 Å². The van der Waals surface area contributed by atoms with Gasteiger partial charge in [0.2, 0.25) is 11.8 Å². The molecule has 2 aliphatic rings. The summed E-state index contributed by atoms with van der Waals surface area (Å²) in [7, 11) is 0. The van der Waals surface area contributed by atoms with Gasteiger partial charge in [-0.05, 0) is 42.6 Å². The predicted octanol–water partition coefficient (Wildman–Crippen LogP) is 3.58. The molecule has 2 fully saturated rings. The molecule has 1 saturated heterocycles. The lowest BCUT2D eigenvalue weighted by Gasteiger charge is -2.41. The molecule has 0 spiro atoms. The number of hydrogen-bond acceptors (Lipinski definition) is 2. The fourth-order valence-corrected chi connectivity index (χ4v) is 4.23. The van der Waals surface area contributed by atoms with Crippen molar-refractivity contribution in [3.8, 4) is 0 Å². The van der Waals surface area contributed by atoms with Crippen molar-refractivity contribution in [1.82, 2.24) is 10.2 Å². The molecule has 1 aliphatic carbocycles. The number of carbonyl (C=O) groups is 2. The maximum atomic E-state index is 13.3. The predicted molar refractivity (Wildman–Crippen MR) is 104 cm³/mol. The minimum atomic E-state index is -0.317. The van der Waals surface area contributed by atoms with E-state index in [4.69, 9.17) is 0 Å². The average molecular weight is 357 g/mol. The molecule has 0 unspecified atom stereocenters. The van der Waals surface area contributed by atoms with E-state index in [-0.39, 0.29) is 29.8 Å². The summed E-state index contributed by atoms with van der Waals surface area (Å²) in [6.45, 7) is 9.19. The maximum Gasteiger partial charge on any atom is 0.243 e. The Morgan fingerprint density at radius 3 is 2.38 bits per heavy atom. The van der Waals surface area contributed by atoms with Gasteiger partial charge in [-0.25, -0.2) is 0 Å². The Kier molecular flexibility index (Phi) is 5.69. The van der Waals surface area contributed by atoms with Gasteiger partial charge in [-0.1, -0.05) is 58.0 Å². The van der Waals surface area contributed by atoms with E-state index in [1.807, 2.05) is 23.1 Å². The summed E-state index contributed by atoms with van der Waals surface area (Å²) < 4.78 is 0. The van der Waals surface area contributed by atoms with Gasteiger partial charge in [-0.3, -0.25) is 9.59 Å². The summed E-state index contributed by atoms with van der Waals surface area (Å²) >= 11 is 0. The summed E-state index contributed by atoms with van der Waals surface area (Å²) in [5.41, 5.74) is 1.24. The fourth-order valence-electron chi connectivity index (χ4n) is 4.23. The van der Waals surface area contributed by atoms with Crippen molar-refractivity contribution >= 4 is 11.8 Å². The van der Waals surface area contributed by atoms with Gasteiger partial charge in [0, 0.05) is 18.5 Å². The number of nitrogens with one attached hydrogen (secondary N) is 1. The number of amides is 2. The third-order valence-corrected chi connectivity index (χ3v) is 5.51. The van der Waals surface area contributed by atoms with Crippen LogP contribution in [0, 0.1) is 17.8 Å². The first-order chi connectivity index (χ1) is 12.4. The van der Waals surface area contributed by atoms with Gasteiger partial charge in [0.15, 0.2) is 0 Å². The lowest BCUT2D eigenvalue weighted by molar-refractivity contribution is -0.146. The van der Waals surface area contributed by atoms with Crippen molar-refractivity contribution in [2.24, 2.45) is 17.8 Å². The standard InChI is InChI=1S/C22H32N2O2/c1-14(2)10-17-13-24(20(11-15(3)4)21(25)23-17)22(26)19-12-18(19)16-8-6-5-7-9-16/h5-9,14-15,17-20H,10-13H2,1-4H3,(H,23,25)/t17-,18+,19-,20-/m0/s1. The molecule has 3 rings (SSSR count). The first kappa shape index (κ1) is 18.9. The zero-order valence-electron chi connectivity index (χ0n) is 16.4. The zero-order chi connectivity index (χ0) is 18.8. The molecule has 4 heteroatoms. The summed E-state index contributed by atoms with van der Waals surface area (Å²) in [4.78, 5) is 27.9. The highest BCUT2D eigenvalue weighted by Crippen LogP contribution is 2.48.